The molecule has 0 amide bonds. The zero-order valence-electron chi connectivity index (χ0n) is 10.6. The molecule has 0 aliphatic heterocycles. The number of hydrogen-bond acceptors (Lipinski definition) is 3. The summed E-state index contributed by atoms with van der Waals surface area (Å²) in [5.74, 6) is 0.769. The SMILES string of the molecule is CNS(=O)(=O)c1ccc(NCC2CCCC2)cc1. The van der Waals surface area contributed by atoms with E-state index in [0.29, 0.717) is 4.90 Å². The predicted molar refractivity (Wildman–Crippen MR) is 73.1 cm³/mol. The van der Waals surface area contributed by atoms with Gasteiger partial charge in [0, 0.05) is 12.2 Å². The minimum Gasteiger partial charge on any atom is -0.385 e. The standard InChI is InChI=1S/C13H20N2O2S/c1-14-18(16,17)13-8-6-12(7-9-13)15-10-11-4-2-3-5-11/h6-9,11,14-15H,2-5,10H2,1H3. The molecule has 4 nitrogen and oxygen atoms in total. The van der Waals surface area contributed by atoms with Crippen molar-refractivity contribution in [1.29, 1.82) is 0 Å². The molecular weight excluding hydrogens is 248 g/mol. The molecule has 0 heterocycles. The molecule has 1 fully saturated rings. The highest BCUT2D eigenvalue weighted by Crippen LogP contribution is 2.25. The summed E-state index contributed by atoms with van der Waals surface area (Å²) in [5, 5.41) is 3.37. The van der Waals surface area contributed by atoms with Crippen LogP contribution in [0.1, 0.15) is 25.7 Å². The minimum atomic E-state index is -3.32. The van der Waals surface area contributed by atoms with Crippen LogP contribution in [0.2, 0.25) is 0 Å². The molecule has 0 aromatic heterocycles. The third-order valence-electron chi connectivity index (χ3n) is 3.50. The monoisotopic (exact) mass is 268 g/mol. The van der Waals surface area contributed by atoms with Crippen LogP contribution in [0.3, 0.4) is 0 Å². The molecule has 0 radical (unpaired) electrons. The molecule has 2 rings (SSSR count). The fourth-order valence-electron chi connectivity index (χ4n) is 2.35. The van der Waals surface area contributed by atoms with E-state index < -0.39 is 10.0 Å². The molecule has 5 heteroatoms. The van der Waals surface area contributed by atoms with E-state index in [9.17, 15) is 8.42 Å². The van der Waals surface area contributed by atoms with Crippen molar-refractivity contribution in [3.8, 4) is 0 Å². The van der Waals surface area contributed by atoms with Gasteiger partial charge in [0.15, 0.2) is 0 Å². The fraction of sp³-hybridized carbons (Fsp3) is 0.538. The molecule has 0 atom stereocenters. The topological polar surface area (TPSA) is 58.2 Å². The number of anilines is 1. The van der Waals surface area contributed by atoms with Crippen LogP contribution in [-0.2, 0) is 10.0 Å². The van der Waals surface area contributed by atoms with Gasteiger partial charge in [-0.15, -0.1) is 0 Å². The quantitative estimate of drug-likeness (QED) is 0.860. The van der Waals surface area contributed by atoms with Crippen LogP contribution in [-0.4, -0.2) is 22.0 Å². The van der Waals surface area contributed by atoms with Crippen LogP contribution in [0.15, 0.2) is 29.2 Å². The molecule has 0 spiro atoms. The first kappa shape index (κ1) is 13.4. The summed E-state index contributed by atoms with van der Waals surface area (Å²) < 4.78 is 25.4. The van der Waals surface area contributed by atoms with Gasteiger partial charge in [-0.1, -0.05) is 12.8 Å². The van der Waals surface area contributed by atoms with Gasteiger partial charge in [0.2, 0.25) is 10.0 Å². The first-order valence-electron chi connectivity index (χ1n) is 6.39. The van der Waals surface area contributed by atoms with Gasteiger partial charge in [0.05, 0.1) is 4.90 Å². The van der Waals surface area contributed by atoms with Crippen molar-refractivity contribution in [3.05, 3.63) is 24.3 Å². The van der Waals surface area contributed by atoms with Crippen molar-refractivity contribution >= 4 is 15.7 Å². The second-order valence-corrected chi connectivity index (χ2v) is 6.65. The number of hydrogen-bond donors (Lipinski definition) is 2. The summed E-state index contributed by atoms with van der Waals surface area (Å²) in [6.07, 6.45) is 5.29. The Morgan fingerprint density at radius 3 is 2.33 bits per heavy atom. The maximum absolute atomic E-state index is 11.5. The van der Waals surface area contributed by atoms with Gasteiger partial charge < -0.3 is 5.32 Å². The highest BCUT2D eigenvalue weighted by Gasteiger charge is 2.14. The third kappa shape index (κ3) is 3.23. The molecular formula is C13H20N2O2S. The lowest BCUT2D eigenvalue weighted by molar-refractivity contribution is 0.579. The maximum Gasteiger partial charge on any atom is 0.240 e. The largest absolute Gasteiger partial charge is 0.385 e. The van der Waals surface area contributed by atoms with E-state index in [-0.39, 0.29) is 0 Å². The molecule has 2 N–H and O–H groups in total. The molecule has 100 valence electrons. The summed E-state index contributed by atoms with van der Waals surface area (Å²) in [6, 6.07) is 6.89. The van der Waals surface area contributed by atoms with E-state index in [4.69, 9.17) is 0 Å². The minimum absolute atomic E-state index is 0.302. The first-order valence-corrected chi connectivity index (χ1v) is 7.87. The molecule has 0 unspecified atom stereocenters. The van der Waals surface area contributed by atoms with Gasteiger partial charge in [0.1, 0.15) is 0 Å². The van der Waals surface area contributed by atoms with Crippen molar-refractivity contribution in [2.45, 2.75) is 30.6 Å². The average Bonchev–Trinajstić information content (AvgIpc) is 2.90. The van der Waals surface area contributed by atoms with E-state index in [0.717, 1.165) is 18.2 Å². The second-order valence-electron chi connectivity index (χ2n) is 4.76. The Labute approximate surface area is 109 Å². The van der Waals surface area contributed by atoms with Gasteiger partial charge in [-0.25, -0.2) is 13.1 Å². The van der Waals surface area contributed by atoms with Crippen LogP contribution >= 0.6 is 0 Å². The van der Waals surface area contributed by atoms with Crippen LogP contribution < -0.4 is 10.0 Å². The molecule has 1 saturated carbocycles. The molecule has 0 bridgehead atoms. The van der Waals surface area contributed by atoms with E-state index in [1.54, 1.807) is 12.1 Å². The number of nitrogens with one attached hydrogen (secondary N) is 2. The zero-order valence-corrected chi connectivity index (χ0v) is 11.5. The fourth-order valence-corrected chi connectivity index (χ4v) is 3.08. The van der Waals surface area contributed by atoms with Crippen LogP contribution in [0, 0.1) is 5.92 Å². The number of benzene rings is 1. The Bertz CT molecular complexity index is 476. The number of rotatable bonds is 5. The molecule has 1 aliphatic rings. The Morgan fingerprint density at radius 2 is 1.78 bits per heavy atom. The van der Waals surface area contributed by atoms with E-state index in [2.05, 4.69) is 10.0 Å². The second kappa shape index (κ2) is 5.71. The lowest BCUT2D eigenvalue weighted by Crippen LogP contribution is -2.18. The zero-order chi connectivity index (χ0) is 13.0. The number of sulfonamides is 1. The van der Waals surface area contributed by atoms with Crippen molar-refractivity contribution < 1.29 is 8.42 Å². The summed E-state index contributed by atoms with van der Waals surface area (Å²) in [5.41, 5.74) is 0.983. The Hall–Kier alpha value is -1.07. The third-order valence-corrected chi connectivity index (χ3v) is 4.93. The summed E-state index contributed by atoms with van der Waals surface area (Å²) >= 11 is 0. The van der Waals surface area contributed by atoms with E-state index in [1.165, 1.54) is 32.7 Å². The van der Waals surface area contributed by atoms with Crippen molar-refractivity contribution in [1.82, 2.24) is 4.72 Å². The molecule has 1 aliphatic carbocycles. The Balaban J connectivity index is 1.95. The Morgan fingerprint density at radius 1 is 1.17 bits per heavy atom. The maximum atomic E-state index is 11.5. The van der Waals surface area contributed by atoms with Gasteiger partial charge in [-0.3, -0.25) is 0 Å². The van der Waals surface area contributed by atoms with Crippen LogP contribution in [0.4, 0.5) is 5.69 Å². The molecule has 18 heavy (non-hydrogen) atoms. The normalized spacial score (nSPS) is 16.9. The summed E-state index contributed by atoms with van der Waals surface area (Å²) in [4.78, 5) is 0.302. The lowest BCUT2D eigenvalue weighted by Gasteiger charge is -2.12. The molecule has 1 aromatic rings. The average molecular weight is 268 g/mol. The summed E-state index contributed by atoms with van der Waals surface area (Å²) in [6.45, 7) is 0.984. The highest BCUT2D eigenvalue weighted by molar-refractivity contribution is 7.89. The summed E-state index contributed by atoms with van der Waals surface area (Å²) in [7, 11) is -1.91. The van der Waals surface area contributed by atoms with Gasteiger partial charge in [0.25, 0.3) is 0 Å². The Kier molecular flexibility index (Phi) is 4.24. The highest BCUT2D eigenvalue weighted by atomic mass is 32.2. The van der Waals surface area contributed by atoms with Gasteiger partial charge in [-0.05, 0) is 50.1 Å². The smallest absolute Gasteiger partial charge is 0.240 e. The molecule has 1 aromatic carbocycles. The van der Waals surface area contributed by atoms with E-state index in [1.807, 2.05) is 12.1 Å². The van der Waals surface area contributed by atoms with E-state index >= 15 is 0 Å². The lowest BCUT2D eigenvalue weighted by atomic mass is 10.1. The molecule has 0 saturated heterocycles. The van der Waals surface area contributed by atoms with Gasteiger partial charge in [-0.2, -0.15) is 0 Å². The first-order chi connectivity index (χ1) is 8.62. The van der Waals surface area contributed by atoms with Crippen molar-refractivity contribution in [2.24, 2.45) is 5.92 Å². The van der Waals surface area contributed by atoms with Crippen LogP contribution in [0.5, 0.6) is 0 Å². The van der Waals surface area contributed by atoms with Crippen LogP contribution in [0.25, 0.3) is 0 Å². The van der Waals surface area contributed by atoms with Gasteiger partial charge >= 0.3 is 0 Å². The predicted octanol–water partition coefficient (Wildman–Crippen LogP) is 2.20. The van der Waals surface area contributed by atoms with Crippen molar-refractivity contribution in [3.63, 3.8) is 0 Å². The van der Waals surface area contributed by atoms with Crippen molar-refractivity contribution in [2.75, 3.05) is 18.9 Å².